The van der Waals surface area contributed by atoms with Crippen LogP contribution in [-0.2, 0) is 0 Å². The van der Waals surface area contributed by atoms with Crippen molar-refractivity contribution in [2.45, 2.75) is 30.6 Å². The fourth-order valence-electron chi connectivity index (χ4n) is 2.94. The number of benzene rings is 1. The second-order valence-corrected chi connectivity index (χ2v) is 6.27. The Morgan fingerprint density at radius 2 is 2.19 bits per heavy atom. The molecule has 1 aromatic carbocycles. The average molecular weight is 233 g/mol. The van der Waals surface area contributed by atoms with Gasteiger partial charge < -0.3 is 5.32 Å². The van der Waals surface area contributed by atoms with Gasteiger partial charge in [0.1, 0.15) is 0 Å². The standard InChI is InChI=1S/C14H19NS/c1-2-14(9-15-10-14)7-11-8-16-13-6-4-3-5-12(11)13/h3-6,11,15H,2,7-10H2,1H3. The lowest BCUT2D eigenvalue weighted by molar-refractivity contribution is 0.137. The Morgan fingerprint density at radius 3 is 2.88 bits per heavy atom. The van der Waals surface area contributed by atoms with E-state index in [-0.39, 0.29) is 0 Å². The smallest absolute Gasteiger partial charge is 0.0107 e. The molecule has 0 spiro atoms. The van der Waals surface area contributed by atoms with Gasteiger partial charge in [-0.25, -0.2) is 0 Å². The van der Waals surface area contributed by atoms with Crippen molar-refractivity contribution in [3.05, 3.63) is 29.8 Å². The van der Waals surface area contributed by atoms with Crippen LogP contribution in [0.15, 0.2) is 29.2 Å². The maximum atomic E-state index is 3.44. The summed E-state index contributed by atoms with van der Waals surface area (Å²) in [5.41, 5.74) is 2.20. The lowest BCUT2D eigenvalue weighted by atomic mass is 9.71. The molecule has 0 amide bonds. The van der Waals surface area contributed by atoms with Gasteiger partial charge in [0.25, 0.3) is 0 Å². The first-order valence-corrected chi connectivity index (χ1v) is 7.24. The monoisotopic (exact) mass is 233 g/mol. The first kappa shape index (κ1) is 10.7. The Bertz CT molecular complexity index is 379. The van der Waals surface area contributed by atoms with Crippen molar-refractivity contribution < 1.29 is 0 Å². The van der Waals surface area contributed by atoms with Gasteiger partial charge in [0.15, 0.2) is 0 Å². The van der Waals surface area contributed by atoms with Crippen molar-refractivity contribution in [2.75, 3.05) is 18.8 Å². The summed E-state index contributed by atoms with van der Waals surface area (Å²) in [5.74, 6) is 2.09. The van der Waals surface area contributed by atoms with Gasteiger partial charge in [-0.1, -0.05) is 25.1 Å². The number of hydrogen-bond acceptors (Lipinski definition) is 2. The Balaban J connectivity index is 1.78. The predicted molar refractivity (Wildman–Crippen MR) is 70.1 cm³/mol. The second kappa shape index (κ2) is 4.08. The molecular formula is C14H19NS. The van der Waals surface area contributed by atoms with E-state index < -0.39 is 0 Å². The number of fused-ring (bicyclic) bond motifs is 1. The van der Waals surface area contributed by atoms with E-state index in [1.165, 1.54) is 36.6 Å². The van der Waals surface area contributed by atoms with Crippen LogP contribution < -0.4 is 5.32 Å². The maximum Gasteiger partial charge on any atom is 0.0107 e. The molecule has 0 aromatic heterocycles. The third kappa shape index (κ3) is 1.68. The number of thioether (sulfide) groups is 1. The van der Waals surface area contributed by atoms with Gasteiger partial charge in [-0.3, -0.25) is 0 Å². The summed E-state index contributed by atoms with van der Waals surface area (Å²) in [4.78, 5) is 1.52. The molecule has 2 heterocycles. The number of nitrogens with one attached hydrogen (secondary N) is 1. The minimum absolute atomic E-state index is 0.600. The van der Waals surface area contributed by atoms with Crippen LogP contribution in [0, 0.1) is 5.41 Å². The van der Waals surface area contributed by atoms with E-state index in [0.29, 0.717) is 5.41 Å². The largest absolute Gasteiger partial charge is 0.316 e. The molecule has 3 rings (SSSR count). The van der Waals surface area contributed by atoms with Gasteiger partial charge in [-0.2, -0.15) is 0 Å². The summed E-state index contributed by atoms with van der Waals surface area (Å²) < 4.78 is 0. The van der Waals surface area contributed by atoms with Gasteiger partial charge in [0, 0.05) is 23.7 Å². The predicted octanol–water partition coefficient (Wildman–Crippen LogP) is 3.27. The Kier molecular flexibility index (Phi) is 2.72. The average Bonchev–Trinajstić information content (AvgIpc) is 2.67. The van der Waals surface area contributed by atoms with E-state index in [1.807, 2.05) is 11.8 Å². The molecule has 0 bridgehead atoms. The van der Waals surface area contributed by atoms with E-state index >= 15 is 0 Å². The molecule has 1 N–H and O–H groups in total. The molecule has 86 valence electrons. The van der Waals surface area contributed by atoms with Crippen molar-refractivity contribution in [1.82, 2.24) is 5.32 Å². The van der Waals surface area contributed by atoms with Crippen LogP contribution in [0.4, 0.5) is 0 Å². The zero-order valence-corrected chi connectivity index (χ0v) is 10.6. The molecule has 1 nitrogen and oxygen atoms in total. The van der Waals surface area contributed by atoms with Crippen LogP contribution in [0.5, 0.6) is 0 Å². The van der Waals surface area contributed by atoms with Gasteiger partial charge >= 0.3 is 0 Å². The summed E-state index contributed by atoms with van der Waals surface area (Å²) in [6, 6.07) is 8.96. The van der Waals surface area contributed by atoms with Crippen LogP contribution >= 0.6 is 11.8 Å². The zero-order chi connectivity index (χ0) is 11.0. The maximum absolute atomic E-state index is 3.44. The molecule has 0 aliphatic carbocycles. The van der Waals surface area contributed by atoms with Crippen LogP contribution in [0.3, 0.4) is 0 Å². The Hall–Kier alpha value is -0.470. The third-order valence-corrected chi connectivity index (χ3v) is 5.48. The van der Waals surface area contributed by atoms with Crippen molar-refractivity contribution >= 4 is 11.8 Å². The molecule has 1 aromatic rings. The van der Waals surface area contributed by atoms with Gasteiger partial charge in [-0.15, -0.1) is 11.8 Å². The van der Waals surface area contributed by atoms with Gasteiger partial charge in [-0.05, 0) is 35.8 Å². The Morgan fingerprint density at radius 1 is 1.38 bits per heavy atom. The minimum atomic E-state index is 0.600. The number of hydrogen-bond donors (Lipinski definition) is 1. The van der Waals surface area contributed by atoms with Crippen molar-refractivity contribution in [3.8, 4) is 0 Å². The zero-order valence-electron chi connectivity index (χ0n) is 9.83. The molecule has 2 heteroatoms. The first-order valence-electron chi connectivity index (χ1n) is 6.25. The Labute approximate surface area is 102 Å². The summed E-state index contributed by atoms with van der Waals surface area (Å²) in [7, 11) is 0. The minimum Gasteiger partial charge on any atom is -0.316 e. The fourth-order valence-corrected chi connectivity index (χ4v) is 4.19. The molecule has 2 aliphatic heterocycles. The summed E-state index contributed by atoms with van der Waals surface area (Å²) >= 11 is 2.04. The highest BCUT2D eigenvalue weighted by Gasteiger charge is 2.39. The van der Waals surface area contributed by atoms with E-state index in [1.54, 1.807) is 5.56 Å². The summed E-state index contributed by atoms with van der Waals surface area (Å²) in [5, 5.41) is 3.44. The van der Waals surface area contributed by atoms with E-state index in [9.17, 15) is 0 Å². The number of rotatable bonds is 3. The van der Waals surface area contributed by atoms with Crippen LogP contribution in [0.2, 0.25) is 0 Å². The van der Waals surface area contributed by atoms with Crippen molar-refractivity contribution in [2.24, 2.45) is 5.41 Å². The molecule has 0 radical (unpaired) electrons. The van der Waals surface area contributed by atoms with Crippen LogP contribution in [-0.4, -0.2) is 18.8 Å². The summed E-state index contributed by atoms with van der Waals surface area (Å²) in [6.45, 7) is 4.80. The molecule has 1 unspecified atom stereocenters. The van der Waals surface area contributed by atoms with Crippen LogP contribution in [0.25, 0.3) is 0 Å². The molecule has 16 heavy (non-hydrogen) atoms. The van der Waals surface area contributed by atoms with E-state index in [0.717, 1.165) is 5.92 Å². The summed E-state index contributed by atoms with van der Waals surface area (Å²) in [6.07, 6.45) is 2.70. The lowest BCUT2D eigenvalue weighted by Crippen LogP contribution is -2.53. The highest BCUT2D eigenvalue weighted by atomic mass is 32.2. The quantitative estimate of drug-likeness (QED) is 0.860. The molecule has 2 aliphatic rings. The van der Waals surface area contributed by atoms with Crippen molar-refractivity contribution in [1.29, 1.82) is 0 Å². The third-order valence-electron chi connectivity index (χ3n) is 4.23. The van der Waals surface area contributed by atoms with E-state index in [2.05, 4.69) is 36.5 Å². The first-order chi connectivity index (χ1) is 7.83. The SMILES string of the molecule is CCC1(CC2CSc3ccccc32)CNC1. The lowest BCUT2D eigenvalue weighted by Gasteiger charge is -2.44. The highest BCUT2D eigenvalue weighted by molar-refractivity contribution is 7.99. The molecule has 0 saturated carbocycles. The molecule has 1 saturated heterocycles. The van der Waals surface area contributed by atoms with Gasteiger partial charge in [0.2, 0.25) is 0 Å². The fraction of sp³-hybridized carbons (Fsp3) is 0.571. The normalized spacial score (nSPS) is 26.2. The second-order valence-electron chi connectivity index (χ2n) is 5.21. The molecular weight excluding hydrogens is 214 g/mol. The topological polar surface area (TPSA) is 12.0 Å². The van der Waals surface area contributed by atoms with Crippen molar-refractivity contribution in [3.63, 3.8) is 0 Å². The van der Waals surface area contributed by atoms with E-state index in [4.69, 9.17) is 0 Å². The highest BCUT2D eigenvalue weighted by Crippen LogP contribution is 2.46. The van der Waals surface area contributed by atoms with Gasteiger partial charge in [0.05, 0.1) is 0 Å². The molecule has 1 fully saturated rings. The molecule has 1 atom stereocenters. The van der Waals surface area contributed by atoms with Crippen LogP contribution in [0.1, 0.15) is 31.2 Å².